The van der Waals surface area contributed by atoms with Crippen LogP contribution in [0.3, 0.4) is 0 Å². The maximum Gasteiger partial charge on any atom is 0.237 e. The SMILES string of the molecule is CC(C)CC(N)C(=O)N[C@@H](CC1CCCCC1)[C@@H](O)[C@@H]1CCCO1. The van der Waals surface area contributed by atoms with Crippen LogP contribution in [-0.2, 0) is 9.53 Å². The molecule has 0 aromatic rings. The van der Waals surface area contributed by atoms with Gasteiger partial charge in [-0.2, -0.15) is 0 Å². The van der Waals surface area contributed by atoms with Crippen molar-refractivity contribution in [1.29, 1.82) is 0 Å². The fraction of sp³-hybridized carbons (Fsp3) is 0.947. The number of carbonyl (C=O) groups is 1. The maximum atomic E-state index is 12.5. The zero-order chi connectivity index (χ0) is 17.5. The molecule has 1 saturated heterocycles. The first-order chi connectivity index (χ1) is 11.5. The Hall–Kier alpha value is -0.650. The van der Waals surface area contributed by atoms with Crippen LogP contribution in [0.2, 0.25) is 0 Å². The highest BCUT2D eigenvalue weighted by Gasteiger charge is 2.34. The Labute approximate surface area is 146 Å². The number of nitrogens with two attached hydrogens (primary N) is 1. The van der Waals surface area contributed by atoms with E-state index in [9.17, 15) is 9.90 Å². The second kappa shape index (κ2) is 9.73. The Morgan fingerprint density at radius 3 is 2.50 bits per heavy atom. The molecule has 0 aromatic heterocycles. The summed E-state index contributed by atoms with van der Waals surface area (Å²) in [6.45, 7) is 4.83. The van der Waals surface area contributed by atoms with Gasteiger partial charge in [-0.3, -0.25) is 4.79 Å². The molecule has 0 radical (unpaired) electrons. The lowest BCUT2D eigenvalue weighted by Crippen LogP contribution is -2.53. The minimum Gasteiger partial charge on any atom is -0.388 e. The highest BCUT2D eigenvalue weighted by atomic mass is 16.5. The highest BCUT2D eigenvalue weighted by Crippen LogP contribution is 2.29. The molecule has 5 nitrogen and oxygen atoms in total. The van der Waals surface area contributed by atoms with Crippen molar-refractivity contribution in [2.75, 3.05) is 6.61 Å². The number of aliphatic hydroxyl groups excluding tert-OH is 1. The molecular weight excluding hydrogens is 304 g/mol. The van der Waals surface area contributed by atoms with Crippen LogP contribution in [0.1, 0.15) is 71.6 Å². The molecular formula is C19H36N2O3. The average molecular weight is 341 g/mol. The molecule has 4 atom stereocenters. The molecule has 2 fully saturated rings. The third kappa shape index (κ3) is 6.01. The van der Waals surface area contributed by atoms with Crippen LogP contribution in [0.15, 0.2) is 0 Å². The van der Waals surface area contributed by atoms with Crippen LogP contribution in [-0.4, -0.2) is 41.9 Å². The smallest absolute Gasteiger partial charge is 0.237 e. The number of aliphatic hydroxyl groups is 1. The number of ether oxygens (including phenoxy) is 1. The van der Waals surface area contributed by atoms with Crippen molar-refractivity contribution in [2.45, 2.75) is 95.9 Å². The molecule has 24 heavy (non-hydrogen) atoms. The van der Waals surface area contributed by atoms with Gasteiger partial charge in [-0.05, 0) is 37.5 Å². The predicted molar refractivity (Wildman–Crippen MR) is 95.5 cm³/mol. The van der Waals surface area contributed by atoms with E-state index in [0.717, 1.165) is 19.3 Å². The second-order valence-corrected chi connectivity index (χ2v) is 8.13. The molecule has 140 valence electrons. The summed E-state index contributed by atoms with van der Waals surface area (Å²) in [6.07, 6.45) is 8.79. The van der Waals surface area contributed by atoms with Crippen molar-refractivity contribution in [3.05, 3.63) is 0 Å². The molecule has 0 bridgehead atoms. The summed E-state index contributed by atoms with van der Waals surface area (Å²) in [5.74, 6) is 0.827. The lowest BCUT2D eigenvalue weighted by Gasteiger charge is -2.33. The molecule has 1 saturated carbocycles. The zero-order valence-electron chi connectivity index (χ0n) is 15.4. The van der Waals surface area contributed by atoms with Gasteiger partial charge in [0, 0.05) is 6.61 Å². The van der Waals surface area contributed by atoms with Gasteiger partial charge in [-0.25, -0.2) is 0 Å². The summed E-state index contributed by atoms with van der Waals surface area (Å²) in [7, 11) is 0. The zero-order valence-corrected chi connectivity index (χ0v) is 15.4. The van der Waals surface area contributed by atoms with Crippen molar-refractivity contribution in [3.8, 4) is 0 Å². The number of hydrogen-bond donors (Lipinski definition) is 3. The number of hydrogen-bond acceptors (Lipinski definition) is 4. The molecule has 4 N–H and O–H groups in total. The Morgan fingerprint density at radius 2 is 1.92 bits per heavy atom. The van der Waals surface area contributed by atoms with Crippen LogP contribution in [0.5, 0.6) is 0 Å². The Bertz CT molecular complexity index is 377. The third-order valence-electron chi connectivity index (χ3n) is 5.46. The normalized spacial score (nSPS) is 26.3. The van der Waals surface area contributed by atoms with Gasteiger partial charge in [-0.15, -0.1) is 0 Å². The molecule has 0 aromatic carbocycles. The third-order valence-corrected chi connectivity index (χ3v) is 5.46. The fourth-order valence-electron chi connectivity index (χ4n) is 4.10. The summed E-state index contributed by atoms with van der Waals surface area (Å²) >= 11 is 0. The molecule has 2 rings (SSSR count). The van der Waals surface area contributed by atoms with Gasteiger partial charge >= 0.3 is 0 Å². The van der Waals surface area contributed by atoms with E-state index in [0.29, 0.717) is 24.9 Å². The standard InChI is InChI=1S/C19H36N2O3/c1-13(2)11-15(20)19(23)21-16(12-14-7-4-3-5-8-14)18(22)17-9-6-10-24-17/h13-18,22H,3-12,20H2,1-2H3,(H,21,23)/t15?,16-,17-,18+/m0/s1. The van der Waals surface area contributed by atoms with E-state index >= 15 is 0 Å². The molecule has 0 spiro atoms. The number of rotatable bonds is 8. The highest BCUT2D eigenvalue weighted by molar-refractivity contribution is 5.81. The van der Waals surface area contributed by atoms with Crippen LogP contribution < -0.4 is 11.1 Å². The monoisotopic (exact) mass is 340 g/mol. The molecule has 5 heteroatoms. The largest absolute Gasteiger partial charge is 0.388 e. The van der Waals surface area contributed by atoms with Crippen LogP contribution in [0, 0.1) is 11.8 Å². The van der Waals surface area contributed by atoms with E-state index in [4.69, 9.17) is 10.5 Å². The van der Waals surface area contributed by atoms with Gasteiger partial charge in [0.25, 0.3) is 0 Å². The van der Waals surface area contributed by atoms with Gasteiger partial charge in [0.15, 0.2) is 0 Å². The summed E-state index contributed by atoms with van der Waals surface area (Å²) in [5, 5.41) is 13.8. The number of nitrogens with one attached hydrogen (secondary N) is 1. The van der Waals surface area contributed by atoms with E-state index in [1.54, 1.807) is 0 Å². The lowest BCUT2D eigenvalue weighted by molar-refractivity contribution is -0.125. The topological polar surface area (TPSA) is 84.6 Å². The summed E-state index contributed by atoms with van der Waals surface area (Å²) in [5.41, 5.74) is 6.03. The second-order valence-electron chi connectivity index (χ2n) is 8.13. The molecule has 1 aliphatic heterocycles. The van der Waals surface area contributed by atoms with Gasteiger partial charge < -0.3 is 20.9 Å². The lowest BCUT2D eigenvalue weighted by atomic mass is 9.82. The van der Waals surface area contributed by atoms with Crippen molar-refractivity contribution >= 4 is 5.91 Å². The quantitative estimate of drug-likeness (QED) is 0.633. The van der Waals surface area contributed by atoms with Crippen molar-refractivity contribution in [1.82, 2.24) is 5.32 Å². The average Bonchev–Trinajstić information content (AvgIpc) is 3.08. The van der Waals surface area contributed by atoms with Gasteiger partial charge in [0.1, 0.15) is 6.10 Å². The molecule has 1 aliphatic carbocycles. The van der Waals surface area contributed by atoms with Crippen LogP contribution in [0.25, 0.3) is 0 Å². The van der Waals surface area contributed by atoms with Gasteiger partial charge in [0.2, 0.25) is 5.91 Å². The van der Waals surface area contributed by atoms with Gasteiger partial charge in [-0.1, -0.05) is 46.0 Å². The number of carbonyl (C=O) groups excluding carboxylic acids is 1. The van der Waals surface area contributed by atoms with E-state index in [1.165, 1.54) is 32.1 Å². The molecule has 2 aliphatic rings. The summed E-state index contributed by atoms with van der Waals surface area (Å²) in [6, 6.07) is -0.752. The van der Waals surface area contributed by atoms with E-state index < -0.39 is 12.1 Å². The van der Waals surface area contributed by atoms with Crippen LogP contribution in [0.4, 0.5) is 0 Å². The van der Waals surface area contributed by atoms with Crippen molar-refractivity contribution < 1.29 is 14.6 Å². The Kier molecular flexibility index (Phi) is 7.98. The van der Waals surface area contributed by atoms with Crippen molar-refractivity contribution in [3.63, 3.8) is 0 Å². The predicted octanol–water partition coefficient (Wildman–Crippen LogP) is 2.35. The minimum atomic E-state index is -0.635. The summed E-state index contributed by atoms with van der Waals surface area (Å²) < 4.78 is 5.66. The van der Waals surface area contributed by atoms with Crippen LogP contribution >= 0.6 is 0 Å². The van der Waals surface area contributed by atoms with Gasteiger partial charge in [0.05, 0.1) is 18.2 Å². The maximum absolute atomic E-state index is 12.5. The fourth-order valence-corrected chi connectivity index (χ4v) is 4.10. The van der Waals surface area contributed by atoms with E-state index in [1.807, 2.05) is 0 Å². The number of amides is 1. The first kappa shape index (κ1) is 19.7. The Balaban J connectivity index is 1.96. The van der Waals surface area contributed by atoms with E-state index in [-0.39, 0.29) is 18.1 Å². The van der Waals surface area contributed by atoms with E-state index in [2.05, 4.69) is 19.2 Å². The minimum absolute atomic E-state index is 0.137. The molecule has 1 heterocycles. The molecule has 1 unspecified atom stereocenters. The first-order valence-electron chi connectivity index (χ1n) is 9.83. The summed E-state index contributed by atoms with van der Waals surface area (Å²) in [4.78, 5) is 12.5. The first-order valence-corrected chi connectivity index (χ1v) is 9.83. The Morgan fingerprint density at radius 1 is 1.21 bits per heavy atom. The van der Waals surface area contributed by atoms with Crippen molar-refractivity contribution in [2.24, 2.45) is 17.6 Å². The molecule has 1 amide bonds.